The maximum Gasteiger partial charge on any atom is 0.342 e. The van der Waals surface area contributed by atoms with Crippen molar-refractivity contribution in [3.05, 3.63) is 82.4 Å². The van der Waals surface area contributed by atoms with E-state index in [1.54, 1.807) is 18.2 Å². The van der Waals surface area contributed by atoms with Gasteiger partial charge in [0.05, 0.1) is 12.8 Å². The monoisotopic (exact) mass is 277 g/mol. The lowest BCUT2D eigenvalue weighted by molar-refractivity contribution is -0.132. The van der Waals surface area contributed by atoms with Crippen LogP contribution < -0.4 is 0 Å². The van der Waals surface area contributed by atoms with E-state index >= 15 is 0 Å². The predicted molar refractivity (Wildman–Crippen MR) is 77.5 cm³/mol. The van der Waals surface area contributed by atoms with Crippen molar-refractivity contribution < 1.29 is 13.9 Å². The minimum Gasteiger partial charge on any atom is -0.465 e. The number of nitrogens with zero attached hydrogens (tertiary/aromatic N) is 1. The summed E-state index contributed by atoms with van der Waals surface area (Å²) in [5, 5.41) is 0. The van der Waals surface area contributed by atoms with Crippen LogP contribution in [0.3, 0.4) is 0 Å². The molecule has 0 N–H and O–H groups in total. The van der Waals surface area contributed by atoms with Crippen molar-refractivity contribution in [3.63, 3.8) is 0 Å². The van der Waals surface area contributed by atoms with Crippen LogP contribution in [0.4, 0.5) is 0 Å². The lowest BCUT2D eigenvalue weighted by Gasteiger charge is -2.05. The van der Waals surface area contributed by atoms with E-state index < -0.39 is 5.97 Å². The fourth-order valence-electron chi connectivity index (χ4n) is 2.12. The summed E-state index contributed by atoms with van der Waals surface area (Å²) < 4.78 is 10.4. The molecule has 0 radical (unpaired) electrons. The van der Waals surface area contributed by atoms with E-state index in [0.717, 1.165) is 11.1 Å². The van der Waals surface area contributed by atoms with E-state index in [-0.39, 0.29) is 5.70 Å². The molecular weight excluding hydrogens is 266 g/mol. The molecule has 0 spiro atoms. The van der Waals surface area contributed by atoms with Crippen LogP contribution in [0.25, 0.3) is 16.5 Å². The average molecular weight is 277 g/mol. The molecule has 0 saturated heterocycles. The molecule has 1 aromatic heterocycles. The number of furan rings is 1. The molecule has 0 unspecified atom stereocenters. The summed E-state index contributed by atoms with van der Waals surface area (Å²) in [5.41, 5.74) is 2.38. The smallest absolute Gasteiger partial charge is 0.342 e. The van der Waals surface area contributed by atoms with Gasteiger partial charge in [0, 0.05) is 11.6 Å². The fraction of sp³-hybridized carbons (Fsp3) is 0.0588. The second kappa shape index (κ2) is 5.14. The van der Waals surface area contributed by atoms with Crippen molar-refractivity contribution in [3.8, 4) is 0 Å². The van der Waals surface area contributed by atoms with Crippen LogP contribution in [0.2, 0.25) is 0 Å². The summed E-state index contributed by atoms with van der Waals surface area (Å²) in [7, 11) is 0. The minimum atomic E-state index is -0.626. The summed E-state index contributed by atoms with van der Waals surface area (Å²) in [6.45, 7) is 9.18. The van der Waals surface area contributed by atoms with Gasteiger partial charge in [-0.05, 0) is 24.6 Å². The molecule has 3 rings (SSSR count). The standard InChI is InChI=1S/C17H11NO3/c1-11-5-7-12(8-6-11)15-14(10-13-4-3-9-20-13)21-17(19)16(15)18-2/h3-10H,1H3/b14-10-. The SMILES string of the molecule is [C-]#[N+]C1=C(c2ccc(C)cc2)/C(=C/c2ccco2)OC1=O. The Labute approximate surface area is 121 Å². The predicted octanol–water partition coefficient (Wildman–Crippen LogP) is 3.82. The zero-order valence-corrected chi connectivity index (χ0v) is 11.3. The zero-order chi connectivity index (χ0) is 14.8. The third kappa shape index (κ3) is 2.37. The number of rotatable bonds is 2. The van der Waals surface area contributed by atoms with Crippen LogP contribution in [0.1, 0.15) is 16.9 Å². The number of cyclic esters (lactones) is 1. The Bertz CT molecular complexity index is 788. The van der Waals surface area contributed by atoms with Crippen LogP contribution in [0, 0.1) is 13.5 Å². The first-order chi connectivity index (χ1) is 10.2. The van der Waals surface area contributed by atoms with Gasteiger partial charge in [0.1, 0.15) is 11.5 Å². The Kier molecular flexibility index (Phi) is 3.17. The third-order valence-corrected chi connectivity index (χ3v) is 3.15. The van der Waals surface area contributed by atoms with Gasteiger partial charge in [0.15, 0.2) is 0 Å². The third-order valence-electron chi connectivity index (χ3n) is 3.15. The van der Waals surface area contributed by atoms with E-state index in [0.29, 0.717) is 17.1 Å². The lowest BCUT2D eigenvalue weighted by Crippen LogP contribution is -1.94. The van der Waals surface area contributed by atoms with Crippen LogP contribution in [0.15, 0.2) is 58.5 Å². The number of carbonyl (C=O) groups is 1. The van der Waals surface area contributed by atoms with E-state index in [1.165, 1.54) is 6.26 Å². The number of ether oxygens (including phenoxy) is 1. The first-order valence-corrected chi connectivity index (χ1v) is 6.35. The molecule has 1 aliphatic heterocycles. The van der Waals surface area contributed by atoms with E-state index in [1.807, 2.05) is 31.2 Å². The molecule has 0 bridgehead atoms. The Hall–Kier alpha value is -3.06. The highest BCUT2D eigenvalue weighted by Crippen LogP contribution is 2.36. The van der Waals surface area contributed by atoms with Crippen molar-refractivity contribution >= 4 is 17.6 Å². The molecule has 1 aromatic carbocycles. The van der Waals surface area contributed by atoms with Crippen LogP contribution in [0.5, 0.6) is 0 Å². The summed E-state index contributed by atoms with van der Waals surface area (Å²) in [6, 6.07) is 11.1. The van der Waals surface area contributed by atoms with Gasteiger partial charge in [-0.15, -0.1) is 0 Å². The topological polar surface area (TPSA) is 43.8 Å². The normalized spacial score (nSPS) is 16.2. The average Bonchev–Trinajstić information content (AvgIpc) is 3.08. The molecule has 0 saturated carbocycles. The molecule has 0 amide bonds. The number of aryl methyl sites for hydroxylation is 1. The van der Waals surface area contributed by atoms with Crippen molar-refractivity contribution in [2.24, 2.45) is 0 Å². The second-order valence-corrected chi connectivity index (χ2v) is 4.61. The van der Waals surface area contributed by atoms with Crippen LogP contribution >= 0.6 is 0 Å². The number of allylic oxidation sites excluding steroid dienone is 1. The maximum absolute atomic E-state index is 11.8. The first-order valence-electron chi connectivity index (χ1n) is 6.35. The molecule has 0 fully saturated rings. The zero-order valence-electron chi connectivity index (χ0n) is 11.3. The fourth-order valence-corrected chi connectivity index (χ4v) is 2.12. The van der Waals surface area contributed by atoms with Gasteiger partial charge in [-0.3, -0.25) is 4.79 Å². The Morgan fingerprint density at radius 2 is 1.95 bits per heavy atom. The molecule has 2 heterocycles. The van der Waals surface area contributed by atoms with Gasteiger partial charge in [-0.2, -0.15) is 0 Å². The van der Waals surface area contributed by atoms with E-state index in [2.05, 4.69) is 4.85 Å². The van der Waals surface area contributed by atoms with Crippen molar-refractivity contribution in [1.29, 1.82) is 0 Å². The molecule has 2 aromatic rings. The first kappa shape index (κ1) is 12.9. The highest BCUT2D eigenvalue weighted by molar-refractivity contribution is 6.09. The highest BCUT2D eigenvalue weighted by Gasteiger charge is 2.31. The summed E-state index contributed by atoms with van der Waals surface area (Å²) in [5.74, 6) is 0.275. The van der Waals surface area contributed by atoms with Crippen molar-refractivity contribution in [1.82, 2.24) is 0 Å². The summed E-state index contributed by atoms with van der Waals surface area (Å²) >= 11 is 0. The molecular formula is C17H11NO3. The number of esters is 1. The molecule has 4 heteroatoms. The van der Waals surface area contributed by atoms with Gasteiger partial charge < -0.3 is 9.15 Å². The molecule has 21 heavy (non-hydrogen) atoms. The van der Waals surface area contributed by atoms with Crippen LogP contribution in [-0.2, 0) is 9.53 Å². The van der Waals surface area contributed by atoms with Gasteiger partial charge in [-0.1, -0.05) is 29.8 Å². The van der Waals surface area contributed by atoms with Crippen LogP contribution in [-0.4, -0.2) is 5.97 Å². The minimum absolute atomic E-state index is 0.00309. The number of hydrogen-bond acceptors (Lipinski definition) is 3. The summed E-state index contributed by atoms with van der Waals surface area (Å²) in [4.78, 5) is 15.1. The largest absolute Gasteiger partial charge is 0.465 e. The molecule has 0 aliphatic carbocycles. The van der Waals surface area contributed by atoms with Crippen molar-refractivity contribution in [2.75, 3.05) is 0 Å². The maximum atomic E-state index is 11.8. The van der Waals surface area contributed by atoms with Gasteiger partial charge >= 0.3 is 5.97 Å². The number of carbonyl (C=O) groups excluding carboxylic acids is 1. The Balaban J connectivity index is 2.15. The van der Waals surface area contributed by atoms with Gasteiger partial charge in [0.25, 0.3) is 5.70 Å². The van der Waals surface area contributed by atoms with Gasteiger partial charge in [0.2, 0.25) is 0 Å². The summed E-state index contributed by atoms with van der Waals surface area (Å²) in [6.07, 6.45) is 3.15. The van der Waals surface area contributed by atoms with E-state index in [4.69, 9.17) is 15.7 Å². The van der Waals surface area contributed by atoms with E-state index in [9.17, 15) is 4.79 Å². The highest BCUT2D eigenvalue weighted by atomic mass is 16.5. The lowest BCUT2D eigenvalue weighted by atomic mass is 10.0. The quantitative estimate of drug-likeness (QED) is 0.619. The number of hydrogen-bond donors (Lipinski definition) is 0. The molecule has 0 atom stereocenters. The number of benzene rings is 1. The second-order valence-electron chi connectivity index (χ2n) is 4.61. The molecule has 1 aliphatic rings. The Morgan fingerprint density at radius 1 is 1.19 bits per heavy atom. The van der Waals surface area contributed by atoms with Crippen molar-refractivity contribution in [2.45, 2.75) is 6.92 Å². The molecule has 4 nitrogen and oxygen atoms in total. The Morgan fingerprint density at radius 3 is 2.57 bits per heavy atom. The van der Waals surface area contributed by atoms with Gasteiger partial charge in [-0.25, -0.2) is 4.85 Å². The molecule has 102 valence electrons.